The molecule has 0 radical (unpaired) electrons. The molecule has 0 fully saturated rings. The Labute approximate surface area is 113 Å². The van der Waals surface area contributed by atoms with Gasteiger partial charge in [0, 0.05) is 30.5 Å². The Morgan fingerprint density at radius 3 is 2.68 bits per heavy atom. The average molecular weight is 258 g/mol. The second-order valence-corrected chi connectivity index (χ2v) is 4.35. The van der Waals surface area contributed by atoms with Crippen LogP contribution in [0.25, 0.3) is 0 Å². The molecule has 0 aliphatic heterocycles. The van der Waals surface area contributed by atoms with Crippen molar-refractivity contribution < 1.29 is 9.84 Å². The molecule has 0 amide bonds. The lowest BCUT2D eigenvalue weighted by atomic mass is 10.1. The van der Waals surface area contributed by atoms with E-state index in [1.54, 1.807) is 25.6 Å². The minimum absolute atomic E-state index is 0.189. The fourth-order valence-corrected chi connectivity index (χ4v) is 1.91. The second kappa shape index (κ2) is 6.20. The molecule has 0 spiro atoms. The van der Waals surface area contributed by atoms with Crippen molar-refractivity contribution in [3.63, 3.8) is 0 Å². The van der Waals surface area contributed by atoms with Crippen molar-refractivity contribution in [2.24, 2.45) is 0 Å². The molecule has 1 aromatic carbocycles. The van der Waals surface area contributed by atoms with Crippen molar-refractivity contribution in [3.05, 3.63) is 53.9 Å². The molecule has 0 saturated heterocycles. The van der Waals surface area contributed by atoms with Crippen molar-refractivity contribution in [1.29, 1.82) is 0 Å². The number of benzene rings is 1. The molecule has 2 N–H and O–H groups in total. The number of rotatable bonds is 5. The minimum Gasteiger partial charge on any atom is -0.504 e. The largest absolute Gasteiger partial charge is 0.504 e. The van der Waals surface area contributed by atoms with Gasteiger partial charge in [0.15, 0.2) is 11.5 Å². The summed E-state index contributed by atoms with van der Waals surface area (Å²) in [4.78, 5) is 4.00. The Kier molecular flexibility index (Phi) is 4.36. The highest BCUT2D eigenvalue weighted by Gasteiger charge is 2.09. The molecule has 1 aromatic heterocycles. The molecule has 4 heteroatoms. The molecule has 4 nitrogen and oxygen atoms in total. The van der Waals surface area contributed by atoms with Crippen LogP contribution in [-0.2, 0) is 6.54 Å². The molecular weight excluding hydrogens is 240 g/mol. The van der Waals surface area contributed by atoms with E-state index in [2.05, 4.69) is 17.2 Å². The van der Waals surface area contributed by atoms with Crippen molar-refractivity contribution in [3.8, 4) is 11.5 Å². The average Bonchev–Trinajstić information content (AvgIpc) is 2.47. The monoisotopic (exact) mass is 258 g/mol. The zero-order valence-electron chi connectivity index (χ0n) is 11.1. The van der Waals surface area contributed by atoms with E-state index in [0.29, 0.717) is 12.3 Å². The van der Waals surface area contributed by atoms with Crippen LogP contribution in [-0.4, -0.2) is 17.2 Å². The van der Waals surface area contributed by atoms with Gasteiger partial charge in [-0.1, -0.05) is 12.1 Å². The van der Waals surface area contributed by atoms with Crippen molar-refractivity contribution in [2.75, 3.05) is 7.11 Å². The number of aromatic hydroxyl groups is 1. The molecule has 0 aliphatic rings. The summed E-state index contributed by atoms with van der Waals surface area (Å²) in [6.07, 6.45) is 3.55. The summed E-state index contributed by atoms with van der Waals surface area (Å²) in [6.45, 7) is 2.65. The summed E-state index contributed by atoms with van der Waals surface area (Å²) in [5.41, 5.74) is 1.98. The Morgan fingerprint density at radius 1 is 1.26 bits per heavy atom. The molecule has 100 valence electrons. The van der Waals surface area contributed by atoms with Crippen LogP contribution in [0.15, 0.2) is 42.7 Å². The quantitative estimate of drug-likeness (QED) is 0.865. The summed E-state index contributed by atoms with van der Waals surface area (Å²) in [6, 6.07) is 9.63. The van der Waals surface area contributed by atoms with Crippen molar-refractivity contribution in [2.45, 2.75) is 19.5 Å². The third-order valence-electron chi connectivity index (χ3n) is 3.11. The first-order valence-electron chi connectivity index (χ1n) is 6.20. The maximum absolute atomic E-state index is 10.00. The van der Waals surface area contributed by atoms with Gasteiger partial charge in [0.25, 0.3) is 0 Å². The zero-order valence-corrected chi connectivity index (χ0v) is 11.1. The van der Waals surface area contributed by atoms with E-state index < -0.39 is 0 Å². The molecule has 2 aromatic rings. The number of hydrogen-bond acceptors (Lipinski definition) is 4. The van der Waals surface area contributed by atoms with Crippen LogP contribution in [0.2, 0.25) is 0 Å². The first-order valence-corrected chi connectivity index (χ1v) is 6.20. The van der Waals surface area contributed by atoms with Crippen LogP contribution in [0.4, 0.5) is 0 Å². The Hall–Kier alpha value is -2.07. The van der Waals surface area contributed by atoms with Gasteiger partial charge >= 0.3 is 0 Å². The van der Waals surface area contributed by atoms with Crippen LogP contribution in [0.5, 0.6) is 11.5 Å². The lowest BCUT2D eigenvalue weighted by Gasteiger charge is -2.15. The minimum atomic E-state index is 0.189. The van der Waals surface area contributed by atoms with Gasteiger partial charge in [-0.05, 0) is 30.7 Å². The van der Waals surface area contributed by atoms with Crippen molar-refractivity contribution >= 4 is 0 Å². The number of methoxy groups -OCH3 is 1. The number of hydrogen-bond donors (Lipinski definition) is 2. The highest BCUT2D eigenvalue weighted by atomic mass is 16.5. The highest BCUT2D eigenvalue weighted by molar-refractivity contribution is 5.45. The van der Waals surface area contributed by atoms with Gasteiger partial charge < -0.3 is 15.2 Å². The predicted molar refractivity (Wildman–Crippen MR) is 74.2 cm³/mol. The number of pyridine rings is 1. The van der Waals surface area contributed by atoms with Crippen LogP contribution in [0.3, 0.4) is 0 Å². The fraction of sp³-hybridized carbons (Fsp3) is 0.267. The smallest absolute Gasteiger partial charge is 0.162 e. The molecule has 1 atom stereocenters. The molecule has 0 saturated carbocycles. The predicted octanol–water partition coefficient (Wildman–Crippen LogP) is 2.65. The SMILES string of the molecule is COc1cccc(CNC(C)c2ccncc2)c1O. The lowest BCUT2D eigenvalue weighted by Crippen LogP contribution is -2.18. The van der Waals surface area contributed by atoms with Crippen LogP contribution in [0.1, 0.15) is 24.1 Å². The maximum atomic E-state index is 10.00. The lowest BCUT2D eigenvalue weighted by molar-refractivity contribution is 0.369. The van der Waals surface area contributed by atoms with Gasteiger partial charge in [0.05, 0.1) is 7.11 Å². The number of nitrogens with one attached hydrogen (secondary N) is 1. The molecule has 2 rings (SSSR count). The van der Waals surface area contributed by atoms with E-state index in [9.17, 15) is 5.11 Å². The summed E-state index contributed by atoms with van der Waals surface area (Å²) in [5.74, 6) is 0.690. The molecule has 19 heavy (non-hydrogen) atoms. The Balaban J connectivity index is 2.03. The molecular formula is C15H18N2O2. The van der Waals surface area contributed by atoms with Gasteiger partial charge in [-0.2, -0.15) is 0 Å². The number of phenolic OH excluding ortho intramolecular Hbond substituents is 1. The van der Waals surface area contributed by atoms with E-state index in [0.717, 1.165) is 11.1 Å². The Morgan fingerprint density at radius 2 is 2.00 bits per heavy atom. The second-order valence-electron chi connectivity index (χ2n) is 4.35. The number of para-hydroxylation sites is 1. The number of phenols is 1. The third kappa shape index (κ3) is 3.23. The summed E-state index contributed by atoms with van der Waals surface area (Å²) in [7, 11) is 1.55. The standard InChI is InChI=1S/C15H18N2O2/c1-11(12-6-8-16-9-7-12)17-10-13-4-3-5-14(19-2)15(13)18/h3-9,11,17-18H,10H2,1-2H3. The maximum Gasteiger partial charge on any atom is 0.162 e. The van der Waals surface area contributed by atoms with E-state index >= 15 is 0 Å². The Bertz CT molecular complexity index is 529. The van der Waals surface area contributed by atoms with Gasteiger partial charge in [-0.25, -0.2) is 0 Å². The van der Waals surface area contributed by atoms with Crippen LogP contribution < -0.4 is 10.1 Å². The number of ether oxygens (including phenoxy) is 1. The van der Waals surface area contributed by atoms with Crippen molar-refractivity contribution in [1.82, 2.24) is 10.3 Å². The molecule has 1 heterocycles. The first-order chi connectivity index (χ1) is 9.22. The third-order valence-corrected chi connectivity index (χ3v) is 3.11. The van der Waals surface area contributed by atoms with Gasteiger partial charge in [-0.3, -0.25) is 4.98 Å². The molecule has 1 unspecified atom stereocenters. The fourth-order valence-electron chi connectivity index (χ4n) is 1.91. The summed E-state index contributed by atoms with van der Waals surface area (Å²) < 4.78 is 5.09. The van der Waals surface area contributed by atoms with E-state index in [-0.39, 0.29) is 11.8 Å². The topological polar surface area (TPSA) is 54.4 Å². The summed E-state index contributed by atoms with van der Waals surface area (Å²) >= 11 is 0. The molecule has 0 aliphatic carbocycles. The zero-order chi connectivity index (χ0) is 13.7. The van der Waals surface area contributed by atoms with Crippen LogP contribution in [0, 0.1) is 0 Å². The summed E-state index contributed by atoms with van der Waals surface area (Å²) in [5, 5.41) is 13.4. The van der Waals surface area contributed by atoms with Gasteiger partial charge in [0.2, 0.25) is 0 Å². The molecule has 0 bridgehead atoms. The van der Waals surface area contributed by atoms with E-state index in [4.69, 9.17) is 4.74 Å². The van der Waals surface area contributed by atoms with Gasteiger partial charge in [0.1, 0.15) is 0 Å². The van der Waals surface area contributed by atoms with E-state index in [1.165, 1.54) is 0 Å². The van der Waals surface area contributed by atoms with Crippen LogP contribution >= 0.6 is 0 Å². The van der Waals surface area contributed by atoms with E-state index in [1.807, 2.05) is 24.3 Å². The first kappa shape index (κ1) is 13.4. The van der Waals surface area contributed by atoms with Gasteiger partial charge in [-0.15, -0.1) is 0 Å². The number of aromatic nitrogens is 1. The highest BCUT2D eigenvalue weighted by Crippen LogP contribution is 2.29. The number of nitrogens with zero attached hydrogens (tertiary/aromatic N) is 1. The normalized spacial score (nSPS) is 12.1.